The molecular formula is C12H18ClF3N2OS. The van der Waals surface area contributed by atoms with Crippen LogP contribution in [0.25, 0.3) is 0 Å². The first kappa shape index (κ1) is 17.7. The lowest BCUT2D eigenvalue weighted by molar-refractivity contribution is -0.146. The van der Waals surface area contributed by atoms with Gasteiger partial charge in [0.2, 0.25) is 0 Å². The van der Waals surface area contributed by atoms with Crippen molar-refractivity contribution < 1.29 is 18.3 Å². The summed E-state index contributed by atoms with van der Waals surface area (Å²) in [7, 11) is 0. The third kappa shape index (κ3) is 7.42. The van der Waals surface area contributed by atoms with Crippen LogP contribution in [0.1, 0.15) is 23.5 Å². The molecule has 0 aliphatic heterocycles. The summed E-state index contributed by atoms with van der Waals surface area (Å²) in [6, 6.07) is 0. The van der Waals surface area contributed by atoms with Crippen LogP contribution in [-0.2, 0) is 12.3 Å². The molecule has 0 atom stereocenters. The van der Waals surface area contributed by atoms with Gasteiger partial charge in [0.1, 0.15) is 0 Å². The number of alkyl halides is 4. The molecule has 0 amide bonds. The maximum absolute atomic E-state index is 12.3. The molecule has 0 unspecified atom stereocenters. The molecule has 1 heterocycles. The molecule has 0 fully saturated rings. The molecule has 0 bridgehead atoms. The summed E-state index contributed by atoms with van der Waals surface area (Å²) in [5.41, 5.74) is 0.839. The Morgan fingerprint density at radius 1 is 1.30 bits per heavy atom. The summed E-state index contributed by atoms with van der Waals surface area (Å²) in [5.74, 6) is 0.381. The van der Waals surface area contributed by atoms with Gasteiger partial charge in [-0.05, 0) is 25.8 Å². The van der Waals surface area contributed by atoms with Crippen LogP contribution in [0.15, 0.2) is 5.38 Å². The van der Waals surface area contributed by atoms with E-state index in [9.17, 15) is 13.2 Å². The van der Waals surface area contributed by atoms with Crippen molar-refractivity contribution in [1.29, 1.82) is 0 Å². The zero-order valence-corrected chi connectivity index (χ0v) is 12.6. The predicted octanol–water partition coefficient (Wildman–Crippen LogP) is 3.06. The highest BCUT2D eigenvalue weighted by molar-refractivity contribution is 7.09. The molecular weight excluding hydrogens is 313 g/mol. The number of aryl methyl sites for hydroxylation is 1. The molecule has 0 radical (unpaired) electrons. The number of hydrogen-bond donors (Lipinski definition) is 1. The molecule has 0 saturated carbocycles. The van der Waals surface area contributed by atoms with E-state index in [0.29, 0.717) is 18.8 Å². The zero-order chi connectivity index (χ0) is 15.0. The number of halogens is 4. The maximum Gasteiger partial charge on any atom is 0.401 e. The van der Waals surface area contributed by atoms with E-state index in [2.05, 4.69) is 4.98 Å². The monoisotopic (exact) mass is 330 g/mol. The summed E-state index contributed by atoms with van der Waals surface area (Å²) >= 11 is 7.17. The van der Waals surface area contributed by atoms with Crippen molar-refractivity contribution in [1.82, 2.24) is 9.88 Å². The van der Waals surface area contributed by atoms with Crippen LogP contribution in [0.4, 0.5) is 13.2 Å². The molecule has 0 aliphatic carbocycles. The second-order valence-corrected chi connectivity index (χ2v) is 5.65. The fourth-order valence-electron chi connectivity index (χ4n) is 1.80. The Hall–Kier alpha value is -0.370. The van der Waals surface area contributed by atoms with E-state index in [-0.39, 0.29) is 13.2 Å². The normalized spacial score (nSPS) is 12.3. The number of unbranched alkanes of at least 4 members (excludes halogenated alkanes) is 1. The Labute approximate surface area is 125 Å². The standard InChI is InChI=1S/C12H18ClF3N2OS/c13-7-10-8-20-11(17-10)3-1-2-4-18(5-6-19)9-12(14,15)16/h8,19H,1-7,9H2. The number of aliphatic hydroxyl groups is 1. The minimum Gasteiger partial charge on any atom is -0.395 e. The van der Waals surface area contributed by atoms with Crippen LogP contribution in [0, 0.1) is 0 Å². The van der Waals surface area contributed by atoms with Crippen LogP contribution in [0.3, 0.4) is 0 Å². The summed E-state index contributed by atoms with van der Waals surface area (Å²) in [5, 5.41) is 11.6. The Balaban J connectivity index is 2.26. The quantitative estimate of drug-likeness (QED) is 0.558. The average Bonchev–Trinajstić information content (AvgIpc) is 2.81. The van der Waals surface area contributed by atoms with Crippen LogP contribution in [0.2, 0.25) is 0 Å². The molecule has 20 heavy (non-hydrogen) atoms. The van der Waals surface area contributed by atoms with Gasteiger partial charge < -0.3 is 5.11 Å². The molecule has 0 spiro atoms. The molecule has 0 aliphatic rings. The number of aliphatic hydroxyl groups excluding tert-OH is 1. The van der Waals surface area contributed by atoms with Gasteiger partial charge in [-0.25, -0.2) is 4.98 Å². The fraction of sp³-hybridized carbons (Fsp3) is 0.750. The first-order valence-corrected chi connectivity index (χ1v) is 7.75. The Morgan fingerprint density at radius 2 is 2.05 bits per heavy atom. The van der Waals surface area contributed by atoms with Crippen molar-refractivity contribution in [2.24, 2.45) is 0 Å². The van der Waals surface area contributed by atoms with E-state index in [1.54, 1.807) is 0 Å². The van der Waals surface area contributed by atoms with Gasteiger partial charge in [0, 0.05) is 11.9 Å². The highest BCUT2D eigenvalue weighted by atomic mass is 35.5. The molecule has 116 valence electrons. The van der Waals surface area contributed by atoms with Gasteiger partial charge in [-0.15, -0.1) is 22.9 Å². The molecule has 1 aromatic heterocycles. The minimum atomic E-state index is -4.22. The molecule has 1 N–H and O–H groups in total. The minimum absolute atomic E-state index is 0.0488. The number of nitrogens with zero attached hydrogens (tertiary/aromatic N) is 2. The zero-order valence-electron chi connectivity index (χ0n) is 11.0. The van der Waals surface area contributed by atoms with E-state index >= 15 is 0 Å². The average molecular weight is 331 g/mol. The largest absolute Gasteiger partial charge is 0.401 e. The van der Waals surface area contributed by atoms with Crippen molar-refractivity contribution in [3.63, 3.8) is 0 Å². The second kappa shape index (κ2) is 8.81. The molecule has 1 rings (SSSR count). The summed E-state index contributed by atoms with van der Waals surface area (Å²) in [6.07, 6.45) is -2.05. The van der Waals surface area contributed by atoms with Crippen LogP contribution < -0.4 is 0 Å². The van der Waals surface area contributed by atoms with E-state index in [1.807, 2.05) is 5.38 Å². The van der Waals surface area contributed by atoms with Gasteiger partial charge in [0.25, 0.3) is 0 Å². The van der Waals surface area contributed by atoms with Crippen molar-refractivity contribution in [3.8, 4) is 0 Å². The topological polar surface area (TPSA) is 36.4 Å². The highest BCUT2D eigenvalue weighted by Gasteiger charge is 2.30. The SMILES string of the molecule is OCCN(CCCCc1nc(CCl)cs1)CC(F)(F)F. The van der Waals surface area contributed by atoms with E-state index in [1.165, 1.54) is 16.2 Å². The van der Waals surface area contributed by atoms with Gasteiger partial charge in [0.05, 0.1) is 29.7 Å². The summed E-state index contributed by atoms with van der Waals surface area (Å²) < 4.78 is 36.9. The Kier molecular flexibility index (Phi) is 7.79. The van der Waals surface area contributed by atoms with Gasteiger partial charge in [-0.2, -0.15) is 13.2 Å². The fourth-order valence-corrected chi connectivity index (χ4v) is 2.87. The van der Waals surface area contributed by atoms with Gasteiger partial charge in [-0.1, -0.05) is 0 Å². The van der Waals surface area contributed by atoms with Crippen LogP contribution in [-0.4, -0.2) is 47.4 Å². The van der Waals surface area contributed by atoms with E-state index < -0.39 is 12.7 Å². The molecule has 1 aromatic rings. The summed E-state index contributed by atoms with van der Waals surface area (Å²) in [4.78, 5) is 5.52. The maximum atomic E-state index is 12.3. The third-order valence-corrected chi connectivity index (χ3v) is 3.90. The smallest absolute Gasteiger partial charge is 0.395 e. The van der Waals surface area contributed by atoms with Crippen molar-refractivity contribution in [2.45, 2.75) is 31.3 Å². The highest BCUT2D eigenvalue weighted by Crippen LogP contribution is 2.17. The molecule has 3 nitrogen and oxygen atoms in total. The van der Waals surface area contributed by atoms with Gasteiger partial charge in [-0.3, -0.25) is 4.90 Å². The van der Waals surface area contributed by atoms with Crippen molar-refractivity contribution >= 4 is 22.9 Å². The number of hydrogen-bond acceptors (Lipinski definition) is 4. The lowest BCUT2D eigenvalue weighted by Gasteiger charge is -2.22. The molecule has 0 aromatic carbocycles. The Morgan fingerprint density at radius 3 is 2.60 bits per heavy atom. The van der Waals surface area contributed by atoms with Gasteiger partial charge >= 0.3 is 6.18 Å². The first-order valence-electron chi connectivity index (χ1n) is 6.34. The first-order chi connectivity index (χ1) is 9.44. The summed E-state index contributed by atoms with van der Waals surface area (Å²) in [6.45, 7) is -0.857. The third-order valence-electron chi connectivity index (χ3n) is 2.67. The predicted molar refractivity (Wildman–Crippen MR) is 74.2 cm³/mol. The van der Waals surface area contributed by atoms with Crippen molar-refractivity contribution in [3.05, 3.63) is 16.1 Å². The van der Waals surface area contributed by atoms with E-state index in [4.69, 9.17) is 16.7 Å². The number of rotatable bonds is 9. The Bertz CT molecular complexity index is 387. The van der Waals surface area contributed by atoms with Crippen LogP contribution in [0.5, 0.6) is 0 Å². The number of aromatic nitrogens is 1. The lowest BCUT2D eigenvalue weighted by atomic mass is 10.2. The number of thiazole rings is 1. The lowest BCUT2D eigenvalue weighted by Crippen LogP contribution is -2.36. The molecule has 8 heteroatoms. The second-order valence-electron chi connectivity index (χ2n) is 4.44. The molecule has 0 saturated heterocycles. The van der Waals surface area contributed by atoms with Crippen LogP contribution >= 0.6 is 22.9 Å². The van der Waals surface area contributed by atoms with E-state index in [0.717, 1.165) is 23.5 Å². The van der Waals surface area contributed by atoms with Crippen molar-refractivity contribution in [2.75, 3.05) is 26.2 Å². The van der Waals surface area contributed by atoms with Gasteiger partial charge in [0.15, 0.2) is 0 Å².